The van der Waals surface area contributed by atoms with E-state index in [1.165, 1.54) is 0 Å². The third-order valence-corrected chi connectivity index (χ3v) is 13.9. The summed E-state index contributed by atoms with van der Waals surface area (Å²) < 4.78 is 37.7. The van der Waals surface area contributed by atoms with Crippen LogP contribution < -0.4 is 10.6 Å². The average Bonchev–Trinajstić information content (AvgIpc) is 4.01. The van der Waals surface area contributed by atoms with E-state index in [0.717, 1.165) is 44.8 Å². The minimum Gasteiger partial charge on any atom is -0.378 e. The van der Waals surface area contributed by atoms with Crippen LogP contribution >= 0.6 is 0 Å². The molecule has 2 N–H and O–H groups in total. The maximum atomic E-state index is 13.6. The van der Waals surface area contributed by atoms with Gasteiger partial charge in [-0.1, -0.05) is 146 Å². The zero-order chi connectivity index (χ0) is 45.2. The summed E-state index contributed by atoms with van der Waals surface area (Å²) in [5.74, 6) is -0.544. The Hall–Kier alpha value is -5.95. The van der Waals surface area contributed by atoms with Crippen molar-refractivity contribution in [2.45, 2.75) is 62.8 Å². The Balaban J connectivity index is 0.774. The molecule has 0 amide bonds. The molecule has 65 heavy (non-hydrogen) atoms. The number of rotatable bonds is 20. The summed E-state index contributed by atoms with van der Waals surface area (Å²) in [6, 6.07) is 55.7. The van der Waals surface area contributed by atoms with Crippen molar-refractivity contribution in [2.24, 2.45) is 0 Å². The molecule has 336 valence electrons. The van der Waals surface area contributed by atoms with Crippen molar-refractivity contribution < 1.29 is 26.4 Å². The predicted octanol–water partition coefficient (Wildman–Crippen LogP) is 9.56. The first-order valence-electron chi connectivity index (χ1n) is 22.6. The van der Waals surface area contributed by atoms with Gasteiger partial charge in [-0.2, -0.15) is 8.42 Å². The Morgan fingerprint density at radius 2 is 0.800 bits per heavy atom. The largest absolute Gasteiger partial charge is 0.400 e. The minimum absolute atomic E-state index is 0.0345. The van der Waals surface area contributed by atoms with E-state index in [2.05, 4.69) is 34.3 Å². The van der Waals surface area contributed by atoms with Crippen LogP contribution in [0.15, 0.2) is 170 Å². The van der Waals surface area contributed by atoms with Gasteiger partial charge in [0.1, 0.15) is 0 Å². The van der Waals surface area contributed by atoms with Crippen LogP contribution in [0.25, 0.3) is 0 Å². The van der Waals surface area contributed by atoms with Crippen LogP contribution in [0.4, 0.5) is 11.4 Å². The molecule has 10 nitrogen and oxygen atoms in total. The predicted molar refractivity (Wildman–Crippen MR) is 257 cm³/mol. The molecule has 6 aromatic carbocycles. The zero-order valence-corrected chi connectivity index (χ0v) is 37.9. The smallest absolute Gasteiger partial charge is 0.378 e. The lowest BCUT2D eigenvalue weighted by Crippen LogP contribution is -2.31. The van der Waals surface area contributed by atoms with Gasteiger partial charge in [0.15, 0.2) is 11.6 Å². The Labute approximate surface area is 383 Å². The van der Waals surface area contributed by atoms with Gasteiger partial charge in [0, 0.05) is 49.6 Å². The lowest BCUT2D eigenvalue weighted by molar-refractivity contribution is -0.118. The van der Waals surface area contributed by atoms with Gasteiger partial charge < -0.3 is 10.6 Å². The highest BCUT2D eigenvalue weighted by molar-refractivity contribution is 7.81. The summed E-state index contributed by atoms with van der Waals surface area (Å²) in [6.07, 6.45) is 0.147. The molecule has 0 saturated carbocycles. The van der Waals surface area contributed by atoms with Gasteiger partial charge in [0.25, 0.3) is 0 Å². The first kappa shape index (κ1) is 45.6. The number of benzene rings is 6. The van der Waals surface area contributed by atoms with Gasteiger partial charge in [0.2, 0.25) is 0 Å². The summed E-state index contributed by atoms with van der Waals surface area (Å²) in [6.45, 7) is 6.90. The first-order valence-corrected chi connectivity index (χ1v) is 24.0. The van der Waals surface area contributed by atoms with Crippen LogP contribution in [0.1, 0.15) is 84.0 Å². The van der Waals surface area contributed by atoms with E-state index in [4.69, 9.17) is 8.37 Å². The molecule has 6 aromatic rings. The van der Waals surface area contributed by atoms with Crippen molar-refractivity contribution in [3.63, 3.8) is 0 Å². The molecule has 0 radical (unpaired) electrons. The van der Waals surface area contributed by atoms with E-state index in [-0.39, 0.29) is 48.6 Å². The van der Waals surface area contributed by atoms with Crippen molar-refractivity contribution in [3.8, 4) is 0 Å². The maximum absolute atomic E-state index is 13.6. The summed E-state index contributed by atoms with van der Waals surface area (Å²) in [5, 5.41) is 6.64. The molecule has 2 aliphatic heterocycles. The van der Waals surface area contributed by atoms with Crippen molar-refractivity contribution in [3.05, 3.63) is 203 Å². The summed E-state index contributed by atoms with van der Waals surface area (Å²) >= 11 is 0. The number of likely N-dealkylation sites (tertiary alicyclic amines) is 2. The van der Waals surface area contributed by atoms with Gasteiger partial charge in [0.05, 0.1) is 37.1 Å². The monoisotopic (exact) mass is 890 g/mol. The maximum Gasteiger partial charge on any atom is 0.400 e. The van der Waals surface area contributed by atoms with Crippen molar-refractivity contribution >= 4 is 33.3 Å². The molecule has 0 aliphatic carbocycles. The minimum atomic E-state index is -4.22. The molecule has 2 aliphatic rings. The molecule has 2 fully saturated rings. The number of carbonyl (C=O) groups is 2. The van der Waals surface area contributed by atoms with Gasteiger partial charge in [-0.05, 0) is 84.3 Å². The van der Waals surface area contributed by atoms with Crippen molar-refractivity contribution in [1.29, 1.82) is 0 Å². The molecular weight excluding hydrogens is 833 g/mol. The third kappa shape index (κ3) is 11.9. The van der Waals surface area contributed by atoms with E-state index in [0.29, 0.717) is 39.0 Å². The fourth-order valence-electron chi connectivity index (χ4n) is 9.20. The van der Waals surface area contributed by atoms with Gasteiger partial charge in [-0.3, -0.25) is 19.4 Å². The van der Waals surface area contributed by atoms with E-state index >= 15 is 0 Å². The Morgan fingerprint density at radius 1 is 0.492 bits per heavy atom. The number of hydrogen-bond donors (Lipinski definition) is 2. The zero-order valence-electron chi connectivity index (χ0n) is 37.0. The summed E-state index contributed by atoms with van der Waals surface area (Å²) in [5.41, 5.74) is 7.75. The van der Waals surface area contributed by atoms with Crippen LogP contribution in [0.2, 0.25) is 0 Å². The number of Topliss-reactive ketones (excluding diaryl/α,β-unsaturated/α-hetero) is 2. The number of carbonyl (C=O) groups excluding carboxylic acids is 2. The number of hydrogen-bond acceptors (Lipinski definition) is 10. The van der Waals surface area contributed by atoms with Crippen LogP contribution in [0.3, 0.4) is 0 Å². The molecule has 2 saturated heterocycles. The van der Waals surface area contributed by atoms with E-state index in [1.807, 2.05) is 170 Å². The van der Waals surface area contributed by atoms with Gasteiger partial charge in [-0.15, -0.1) is 0 Å². The number of anilines is 2. The molecule has 4 atom stereocenters. The highest BCUT2D eigenvalue weighted by Crippen LogP contribution is 2.32. The molecular formula is C54H58N4O6S. The molecule has 0 unspecified atom stereocenters. The topological polar surface area (TPSA) is 117 Å². The summed E-state index contributed by atoms with van der Waals surface area (Å²) in [4.78, 5) is 31.6. The molecule has 0 spiro atoms. The standard InChI is InChI=1S/C54H58N4O6S/c1-39(41-23-27-47(28-24-41)55-35-51(59)53(43-15-7-3-8-16-43)44-17-9-4-10-18-44)57-33-31-49(37-57)63-65(61,62)64-50-32-34-58(38-50)40(2)42-25-29-48(30-26-42)56-36-52(60)54(45-19-11-5-12-20-45)46-21-13-6-14-22-46/h3-30,39-40,49-50,53-56H,31-38H2,1-2H3/t39-,40-,49-,50-/m0/s1. The van der Waals surface area contributed by atoms with Gasteiger partial charge in [-0.25, -0.2) is 8.37 Å². The fraction of sp³-hybridized carbons (Fsp3) is 0.296. The first-order chi connectivity index (χ1) is 31.6. The molecule has 11 heteroatoms. The Bertz CT molecular complexity index is 2310. The second kappa shape index (κ2) is 21.4. The number of nitrogens with one attached hydrogen (secondary N) is 2. The molecule has 0 aromatic heterocycles. The van der Waals surface area contributed by atoms with E-state index in [1.54, 1.807) is 0 Å². The van der Waals surface area contributed by atoms with E-state index < -0.39 is 22.6 Å². The van der Waals surface area contributed by atoms with Crippen LogP contribution in [-0.4, -0.2) is 81.3 Å². The SMILES string of the molecule is C[C@@H](c1ccc(NCC(=O)C(c2ccccc2)c2ccccc2)cc1)N1CC[C@H](OS(=O)(=O)O[C@H]2CCN([C@@H](C)c3ccc(NCC(=O)C(c4ccccc4)c4ccccc4)cc3)C2)C1. The average molecular weight is 891 g/mol. The highest BCUT2D eigenvalue weighted by Gasteiger charge is 2.35. The molecule has 2 heterocycles. The lowest BCUT2D eigenvalue weighted by atomic mass is 9.87. The third-order valence-electron chi connectivity index (χ3n) is 12.9. The van der Waals surface area contributed by atoms with Crippen LogP contribution in [0.5, 0.6) is 0 Å². The Morgan fingerprint density at radius 3 is 1.11 bits per heavy atom. The summed E-state index contributed by atoms with van der Waals surface area (Å²) in [7, 11) is -4.22. The fourth-order valence-corrected chi connectivity index (χ4v) is 10.2. The second-order valence-corrected chi connectivity index (χ2v) is 18.4. The molecule has 8 rings (SSSR count). The van der Waals surface area contributed by atoms with Crippen LogP contribution in [-0.2, 0) is 28.4 Å². The highest BCUT2D eigenvalue weighted by atomic mass is 32.3. The quantitative estimate of drug-likeness (QED) is 0.0768. The van der Waals surface area contributed by atoms with Gasteiger partial charge >= 0.3 is 10.4 Å². The normalized spacial score (nSPS) is 17.8. The Kier molecular flexibility index (Phi) is 15.0. The second-order valence-electron chi connectivity index (χ2n) is 17.2. The van der Waals surface area contributed by atoms with E-state index in [9.17, 15) is 18.0 Å². The van der Waals surface area contributed by atoms with Crippen molar-refractivity contribution in [2.75, 3.05) is 49.9 Å². The number of nitrogens with zero attached hydrogens (tertiary/aromatic N) is 2. The molecule has 0 bridgehead atoms. The van der Waals surface area contributed by atoms with Crippen molar-refractivity contribution in [1.82, 2.24) is 9.80 Å². The van der Waals surface area contributed by atoms with Crippen LogP contribution in [0, 0.1) is 0 Å². The lowest BCUT2D eigenvalue weighted by Gasteiger charge is -2.25. The number of ketones is 2.